The molecule has 0 radical (unpaired) electrons. The summed E-state index contributed by atoms with van der Waals surface area (Å²) in [6, 6.07) is 6.73. The Morgan fingerprint density at radius 1 is 1.47 bits per heavy atom. The smallest absolute Gasteiger partial charge is 0.221 e. The fraction of sp³-hybridized carbons (Fsp3) is 0.500. The lowest BCUT2D eigenvalue weighted by atomic mass is 10.2. The van der Waals surface area contributed by atoms with Crippen LogP contribution in [0.15, 0.2) is 29.2 Å². The van der Waals surface area contributed by atoms with Gasteiger partial charge in [-0.15, -0.1) is 11.8 Å². The van der Waals surface area contributed by atoms with Gasteiger partial charge in [0.1, 0.15) is 5.82 Å². The first-order chi connectivity index (χ1) is 9.20. The van der Waals surface area contributed by atoms with E-state index in [4.69, 9.17) is 5.73 Å². The molecule has 2 rings (SSSR count). The van der Waals surface area contributed by atoms with Crippen LogP contribution < -0.4 is 11.1 Å². The molecule has 0 heterocycles. The Balaban J connectivity index is 1.70. The largest absolute Gasteiger partial charge is 0.352 e. The van der Waals surface area contributed by atoms with E-state index in [1.54, 1.807) is 18.2 Å². The van der Waals surface area contributed by atoms with Gasteiger partial charge >= 0.3 is 0 Å². The lowest BCUT2D eigenvalue weighted by Crippen LogP contribution is -2.41. The average Bonchev–Trinajstić information content (AvgIpc) is 3.22. The minimum absolute atomic E-state index is 0.00573. The number of halogens is 1. The number of nitrogens with one attached hydrogen (secondary N) is 1. The summed E-state index contributed by atoms with van der Waals surface area (Å²) in [6.45, 7) is 0.497. The first-order valence-electron chi connectivity index (χ1n) is 6.57. The number of thioether (sulfide) groups is 1. The highest BCUT2D eigenvalue weighted by molar-refractivity contribution is 7.99. The Hall–Kier alpha value is -1.07. The number of nitrogens with two attached hydrogens (primary N) is 1. The van der Waals surface area contributed by atoms with Crippen LogP contribution in [0, 0.1) is 11.7 Å². The summed E-state index contributed by atoms with van der Waals surface area (Å²) in [7, 11) is 0. The topological polar surface area (TPSA) is 55.1 Å². The van der Waals surface area contributed by atoms with Gasteiger partial charge in [-0.3, -0.25) is 4.79 Å². The lowest BCUT2D eigenvalue weighted by Gasteiger charge is -2.15. The van der Waals surface area contributed by atoms with Gasteiger partial charge < -0.3 is 11.1 Å². The van der Waals surface area contributed by atoms with E-state index < -0.39 is 0 Å². The van der Waals surface area contributed by atoms with E-state index in [-0.39, 0.29) is 17.8 Å². The van der Waals surface area contributed by atoms with E-state index in [1.165, 1.54) is 17.8 Å². The maximum absolute atomic E-state index is 13.4. The van der Waals surface area contributed by atoms with Crippen molar-refractivity contribution >= 4 is 17.7 Å². The van der Waals surface area contributed by atoms with Crippen LogP contribution in [-0.2, 0) is 4.79 Å². The molecular weight excluding hydrogens is 263 g/mol. The van der Waals surface area contributed by atoms with Gasteiger partial charge in [0.25, 0.3) is 0 Å². The van der Waals surface area contributed by atoms with E-state index in [1.807, 2.05) is 0 Å². The van der Waals surface area contributed by atoms with Crippen molar-refractivity contribution in [1.82, 2.24) is 5.32 Å². The molecule has 1 unspecified atom stereocenters. The third-order valence-electron chi connectivity index (χ3n) is 3.21. The van der Waals surface area contributed by atoms with Crippen LogP contribution in [0.4, 0.5) is 4.39 Å². The Morgan fingerprint density at radius 3 is 2.84 bits per heavy atom. The molecule has 1 saturated carbocycles. The first-order valence-corrected chi connectivity index (χ1v) is 7.56. The maximum Gasteiger partial charge on any atom is 0.221 e. The first kappa shape index (κ1) is 14.3. The van der Waals surface area contributed by atoms with Crippen LogP contribution in [0.3, 0.4) is 0 Å². The molecule has 0 saturated heterocycles. The van der Waals surface area contributed by atoms with Crippen molar-refractivity contribution < 1.29 is 9.18 Å². The molecule has 104 valence electrons. The maximum atomic E-state index is 13.4. The third kappa shape index (κ3) is 4.51. The van der Waals surface area contributed by atoms with Crippen molar-refractivity contribution in [2.75, 3.05) is 12.3 Å². The Labute approximate surface area is 117 Å². The van der Waals surface area contributed by atoms with Crippen LogP contribution >= 0.6 is 11.8 Å². The van der Waals surface area contributed by atoms with Gasteiger partial charge in [-0.1, -0.05) is 12.1 Å². The molecule has 1 atom stereocenters. The van der Waals surface area contributed by atoms with Gasteiger partial charge in [-0.25, -0.2) is 4.39 Å². The van der Waals surface area contributed by atoms with Gasteiger partial charge in [0.05, 0.1) is 0 Å². The molecule has 19 heavy (non-hydrogen) atoms. The normalized spacial score (nSPS) is 16.1. The van der Waals surface area contributed by atoms with Crippen molar-refractivity contribution in [3.8, 4) is 0 Å². The summed E-state index contributed by atoms with van der Waals surface area (Å²) >= 11 is 1.37. The highest BCUT2D eigenvalue weighted by Gasteiger charge is 2.30. The van der Waals surface area contributed by atoms with Crippen molar-refractivity contribution in [3.05, 3.63) is 30.1 Å². The third-order valence-corrected chi connectivity index (χ3v) is 4.27. The standard InChI is InChI=1S/C14H19FN2OS/c15-11-3-1-2-4-13(11)19-8-7-14(18)17-12(9-16)10-5-6-10/h1-4,10,12H,5-9,16H2,(H,17,18). The Bertz CT molecular complexity index is 437. The number of carbonyl (C=O) groups excluding carboxylic acids is 1. The van der Waals surface area contributed by atoms with Crippen LogP contribution in [0.2, 0.25) is 0 Å². The molecule has 1 aliphatic rings. The molecule has 1 fully saturated rings. The zero-order valence-corrected chi connectivity index (χ0v) is 11.6. The zero-order chi connectivity index (χ0) is 13.7. The summed E-state index contributed by atoms with van der Waals surface area (Å²) in [5.41, 5.74) is 5.63. The van der Waals surface area contributed by atoms with Crippen LogP contribution in [0.1, 0.15) is 19.3 Å². The van der Waals surface area contributed by atoms with Crippen molar-refractivity contribution in [2.45, 2.75) is 30.2 Å². The summed E-state index contributed by atoms with van der Waals surface area (Å²) in [5.74, 6) is 0.916. The Kier molecular flexibility index (Phi) is 5.22. The van der Waals surface area contributed by atoms with Crippen molar-refractivity contribution in [2.24, 2.45) is 11.7 Å². The summed E-state index contributed by atoms with van der Waals surface area (Å²) in [4.78, 5) is 12.3. The fourth-order valence-corrected chi connectivity index (χ4v) is 2.85. The van der Waals surface area contributed by atoms with Gasteiger partial charge in [0.15, 0.2) is 0 Å². The quantitative estimate of drug-likeness (QED) is 0.754. The van der Waals surface area contributed by atoms with E-state index >= 15 is 0 Å². The lowest BCUT2D eigenvalue weighted by molar-refractivity contribution is -0.121. The Morgan fingerprint density at radius 2 is 2.21 bits per heavy atom. The molecule has 1 amide bonds. The molecule has 3 N–H and O–H groups in total. The molecule has 1 aliphatic carbocycles. The number of hydrogen-bond donors (Lipinski definition) is 2. The van der Waals surface area contributed by atoms with Crippen LogP contribution in [0.25, 0.3) is 0 Å². The number of hydrogen-bond acceptors (Lipinski definition) is 3. The average molecular weight is 282 g/mol. The van der Waals surface area contributed by atoms with Gasteiger partial charge in [0, 0.05) is 29.7 Å². The molecule has 0 spiro atoms. The predicted octanol–water partition coefficient (Wildman–Crippen LogP) is 2.16. The number of benzene rings is 1. The van der Waals surface area contributed by atoms with E-state index in [0.29, 0.717) is 29.5 Å². The molecule has 5 heteroatoms. The van der Waals surface area contributed by atoms with Gasteiger partial charge in [-0.2, -0.15) is 0 Å². The molecule has 0 aliphatic heterocycles. The molecule has 0 bridgehead atoms. The second-order valence-electron chi connectivity index (χ2n) is 4.78. The molecule has 1 aromatic rings. The second kappa shape index (κ2) is 6.91. The van der Waals surface area contributed by atoms with Crippen LogP contribution in [0.5, 0.6) is 0 Å². The molecule has 0 aromatic heterocycles. The molecule has 1 aromatic carbocycles. The summed E-state index contributed by atoms with van der Waals surface area (Å²) in [5, 5.41) is 2.96. The van der Waals surface area contributed by atoms with E-state index in [9.17, 15) is 9.18 Å². The van der Waals surface area contributed by atoms with Crippen molar-refractivity contribution in [1.29, 1.82) is 0 Å². The van der Waals surface area contributed by atoms with E-state index in [2.05, 4.69) is 5.32 Å². The number of rotatable bonds is 7. The highest BCUT2D eigenvalue weighted by Crippen LogP contribution is 2.32. The fourth-order valence-electron chi connectivity index (χ4n) is 1.96. The second-order valence-corrected chi connectivity index (χ2v) is 5.91. The number of carbonyl (C=O) groups is 1. The predicted molar refractivity (Wildman–Crippen MR) is 75.5 cm³/mol. The minimum atomic E-state index is -0.231. The zero-order valence-electron chi connectivity index (χ0n) is 10.8. The van der Waals surface area contributed by atoms with Crippen molar-refractivity contribution in [3.63, 3.8) is 0 Å². The monoisotopic (exact) mass is 282 g/mol. The van der Waals surface area contributed by atoms with Crippen LogP contribution in [-0.4, -0.2) is 24.2 Å². The molecular formula is C14H19FN2OS. The SMILES string of the molecule is NCC(NC(=O)CCSc1ccccc1F)C1CC1. The van der Waals surface area contributed by atoms with Gasteiger partial charge in [0.2, 0.25) is 5.91 Å². The highest BCUT2D eigenvalue weighted by atomic mass is 32.2. The van der Waals surface area contributed by atoms with Gasteiger partial charge in [-0.05, 0) is 30.9 Å². The minimum Gasteiger partial charge on any atom is -0.352 e. The summed E-state index contributed by atoms with van der Waals surface area (Å²) < 4.78 is 13.4. The number of amides is 1. The van der Waals surface area contributed by atoms with E-state index in [0.717, 1.165) is 12.8 Å². The summed E-state index contributed by atoms with van der Waals surface area (Å²) in [6.07, 6.45) is 2.71. The molecule has 3 nitrogen and oxygen atoms in total.